The van der Waals surface area contributed by atoms with Crippen LogP contribution in [-0.4, -0.2) is 54.4 Å². The Morgan fingerprint density at radius 1 is 1.15 bits per heavy atom. The summed E-state index contributed by atoms with van der Waals surface area (Å²) in [5.41, 5.74) is -0.744. The Hall–Kier alpha value is -2.51. The van der Waals surface area contributed by atoms with Crippen LogP contribution in [0.5, 0.6) is 5.75 Å². The first kappa shape index (κ1) is 19.8. The van der Waals surface area contributed by atoms with Crippen LogP contribution in [0.2, 0.25) is 0 Å². The summed E-state index contributed by atoms with van der Waals surface area (Å²) in [6.45, 7) is 6.46. The second kappa shape index (κ2) is 7.80. The van der Waals surface area contributed by atoms with Gasteiger partial charge in [-0.15, -0.1) is 0 Å². The molecule has 1 aliphatic heterocycles. The third-order valence-electron chi connectivity index (χ3n) is 4.18. The molecule has 0 saturated carbocycles. The molecule has 2 heterocycles. The van der Waals surface area contributed by atoms with Crippen LogP contribution in [0.15, 0.2) is 17.1 Å². The number of ether oxygens (including phenoxy) is 3. The number of aromatic nitrogens is 1. The standard InChI is InChI=1S/C18H26N2O6/c1-18(2,3)26-17(23)19-8-6-12(7-9-19)20-11-14(24-4)13(10-15(20)21)16(22)25-5/h10-12H,6-9H2,1-5H3. The lowest BCUT2D eigenvalue weighted by atomic mass is 10.0. The van der Waals surface area contributed by atoms with Crippen molar-refractivity contribution < 1.29 is 23.8 Å². The predicted octanol–water partition coefficient (Wildman–Crippen LogP) is 2.22. The summed E-state index contributed by atoms with van der Waals surface area (Å²) in [4.78, 5) is 38.0. The zero-order chi connectivity index (χ0) is 19.5. The molecule has 0 N–H and O–H groups in total. The molecule has 0 aliphatic carbocycles. The molecule has 144 valence electrons. The van der Waals surface area contributed by atoms with Crippen LogP contribution < -0.4 is 10.3 Å². The summed E-state index contributed by atoms with van der Waals surface area (Å²) >= 11 is 0. The van der Waals surface area contributed by atoms with Gasteiger partial charge in [0.1, 0.15) is 16.9 Å². The van der Waals surface area contributed by atoms with E-state index in [0.29, 0.717) is 25.9 Å². The summed E-state index contributed by atoms with van der Waals surface area (Å²) in [6.07, 6.45) is 2.41. The van der Waals surface area contributed by atoms with Crippen molar-refractivity contribution in [1.29, 1.82) is 0 Å². The third kappa shape index (κ3) is 4.56. The van der Waals surface area contributed by atoms with Crippen LogP contribution in [0.3, 0.4) is 0 Å². The molecule has 0 atom stereocenters. The van der Waals surface area contributed by atoms with Gasteiger partial charge in [0.05, 0.1) is 20.4 Å². The summed E-state index contributed by atoms with van der Waals surface area (Å²) < 4.78 is 16.8. The minimum Gasteiger partial charge on any atom is -0.494 e. The number of rotatable bonds is 3. The molecule has 0 radical (unpaired) electrons. The molecule has 2 rings (SSSR count). The lowest BCUT2D eigenvalue weighted by molar-refractivity contribution is 0.0187. The van der Waals surface area contributed by atoms with Crippen molar-refractivity contribution in [2.45, 2.75) is 45.3 Å². The average molecular weight is 366 g/mol. The van der Waals surface area contributed by atoms with E-state index in [1.54, 1.807) is 9.47 Å². The summed E-state index contributed by atoms with van der Waals surface area (Å²) in [5.74, 6) is -0.336. The Kier molecular flexibility index (Phi) is 5.94. The number of carbonyl (C=O) groups excluding carboxylic acids is 2. The van der Waals surface area contributed by atoms with Gasteiger partial charge in [0.2, 0.25) is 0 Å². The number of methoxy groups -OCH3 is 2. The molecule has 1 saturated heterocycles. The average Bonchev–Trinajstić information content (AvgIpc) is 2.59. The van der Waals surface area contributed by atoms with Crippen LogP contribution in [0.4, 0.5) is 4.79 Å². The molecule has 26 heavy (non-hydrogen) atoms. The fourth-order valence-electron chi connectivity index (χ4n) is 2.90. The van der Waals surface area contributed by atoms with Gasteiger partial charge in [0, 0.05) is 25.2 Å². The Morgan fingerprint density at radius 3 is 2.27 bits per heavy atom. The zero-order valence-corrected chi connectivity index (χ0v) is 15.9. The van der Waals surface area contributed by atoms with E-state index in [2.05, 4.69) is 4.74 Å². The number of nitrogens with zero attached hydrogens (tertiary/aromatic N) is 2. The van der Waals surface area contributed by atoms with Gasteiger partial charge in [-0.1, -0.05) is 0 Å². The van der Waals surface area contributed by atoms with Crippen molar-refractivity contribution in [3.05, 3.63) is 28.2 Å². The molecule has 1 fully saturated rings. The molecular formula is C18H26N2O6. The van der Waals surface area contributed by atoms with E-state index >= 15 is 0 Å². The molecule has 8 nitrogen and oxygen atoms in total. The highest BCUT2D eigenvalue weighted by Gasteiger charge is 2.28. The van der Waals surface area contributed by atoms with Gasteiger partial charge >= 0.3 is 12.1 Å². The normalized spacial score (nSPS) is 15.5. The maximum atomic E-state index is 12.4. The highest BCUT2D eigenvalue weighted by molar-refractivity contribution is 5.92. The number of likely N-dealkylation sites (tertiary alicyclic amines) is 1. The SMILES string of the molecule is COC(=O)c1cc(=O)n(C2CCN(C(=O)OC(C)(C)C)CC2)cc1OC. The topological polar surface area (TPSA) is 87.1 Å². The monoisotopic (exact) mass is 366 g/mol. The van der Waals surface area contributed by atoms with Gasteiger partial charge < -0.3 is 23.7 Å². The third-order valence-corrected chi connectivity index (χ3v) is 4.18. The predicted molar refractivity (Wildman–Crippen MR) is 94.7 cm³/mol. The van der Waals surface area contributed by atoms with Crippen molar-refractivity contribution in [2.24, 2.45) is 0 Å². The number of hydrogen-bond acceptors (Lipinski definition) is 6. The van der Waals surface area contributed by atoms with Gasteiger partial charge in [0.15, 0.2) is 0 Å². The van der Waals surface area contributed by atoms with Crippen molar-refractivity contribution in [2.75, 3.05) is 27.3 Å². The van der Waals surface area contributed by atoms with E-state index < -0.39 is 11.6 Å². The molecule has 8 heteroatoms. The second-order valence-corrected chi connectivity index (χ2v) is 7.19. The van der Waals surface area contributed by atoms with Crippen LogP contribution in [0, 0.1) is 0 Å². The van der Waals surface area contributed by atoms with E-state index in [1.807, 2.05) is 20.8 Å². The lowest BCUT2D eigenvalue weighted by Gasteiger charge is -2.34. The molecule has 0 unspecified atom stereocenters. The molecule has 0 bridgehead atoms. The first-order valence-electron chi connectivity index (χ1n) is 8.52. The van der Waals surface area contributed by atoms with Gasteiger partial charge in [-0.3, -0.25) is 4.79 Å². The molecular weight excluding hydrogens is 340 g/mol. The van der Waals surface area contributed by atoms with Gasteiger partial charge in [-0.05, 0) is 33.6 Å². The fourth-order valence-corrected chi connectivity index (χ4v) is 2.90. The lowest BCUT2D eigenvalue weighted by Crippen LogP contribution is -2.43. The highest BCUT2D eigenvalue weighted by atomic mass is 16.6. The van der Waals surface area contributed by atoms with Gasteiger partial charge in [-0.2, -0.15) is 0 Å². The molecule has 1 aromatic rings. The minimum atomic E-state index is -0.620. The fraction of sp³-hybridized carbons (Fsp3) is 0.611. The Morgan fingerprint density at radius 2 is 1.77 bits per heavy atom. The molecule has 1 aromatic heterocycles. The summed E-state index contributed by atoms with van der Waals surface area (Å²) in [7, 11) is 2.68. The van der Waals surface area contributed by atoms with Crippen LogP contribution >= 0.6 is 0 Å². The largest absolute Gasteiger partial charge is 0.494 e. The molecule has 1 amide bonds. The first-order chi connectivity index (χ1) is 12.2. The van der Waals surface area contributed by atoms with E-state index in [0.717, 1.165) is 0 Å². The Labute approximate surface area is 152 Å². The Bertz CT molecular complexity index is 726. The van der Waals surface area contributed by atoms with E-state index in [9.17, 15) is 14.4 Å². The molecule has 0 aromatic carbocycles. The molecule has 0 spiro atoms. The Balaban J connectivity index is 2.13. The number of carbonyl (C=O) groups is 2. The van der Waals surface area contributed by atoms with E-state index in [-0.39, 0.29) is 29.0 Å². The summed E-state index contributed by atoms with van der Waals surface area (Å²) in [6, 6.07) is 1.15. The van der Waals surface area contributed by atoms with Crippen LogP contribution in [0.25, 0.3) is 0 Å². The van der Waals surface area contributed by atoms with Crippen LogP contribution in [0.1, 0.15) is 50.0 Å². The molecule has 1 aliphatic rings. The number of esters is 1. The second-order valence-electron chi connectivity index (χ2n) is 7.19. The summed E-state index contributed by atoms with van der Waals surface area (Å²) in [5, 5.41) is 0. The van der Waals surface area contributed by atoms with Crippen molar-refractivity contribution in [3.8, 4) is 5.75 Å². The number of amides is 1. The van der Waals surface area contributed by atoms with Gasteiger partial charge in [-0.25, -0.2) is 9.59 Å². The quantitative estimate of drug-likeness (QED) is 0.763. The number of pyridine rings is 1. The minimum absolute atomic E-state index is 0.0817. The first-order valence-corrected chi connectivity index (χ1v) is 8.52. The number of hydrogen-bond donors (Lipinski definition) is 0. The van der Waals surface area contributed by atoms with Crippen molar-refractivity contribution in [3.63, 3.8) is 0 Å². The van der Waals surface area contributed by atoms with Crippen molar-refractivity contribution in [1.82, 2.24) is 9.47 Å². The van der Waals surface area contributed by atoms with Crippen molar-refractivity contribution >= 4 is 12.1 Å². The van der Waals surface area contributed by atoms with Gasteiger partial charge in [0.25, 0.3) is 5.56 Å². The zero-order valence-electron chi connectivity index (χ0n) is 15.9. The highest BCUT2D eigenvalue weighted by Crippen LogP contribution is 2.25. The maximum absolute atomic E-state index is 12.4. The number of piperidine rings is 1. The maximum Gasteiger partial charge on any atom is 0.410 e. The smallest absolute Gasteiger partial charge is 0.410 e. The van der Waals surface area contributed by atoms with Crippen LogP contribution in [-0.2, 0) is 9.47 Å². The van der Waals surface area contributed by atoms with E-state index in [1.165, 1.54) is 26.5 Å². The van der Waals surface area contributed by atoms with E-state index in [4.69, 9.17) is 9.47 Å².